The van der Waals surface area contributed by atoms with E-state index in [2.05, 4.69) is 10.6 Å². The third-order valence-corrected chi connectivity index (χ3v) is 2.44. The molecule has 0 aliphatic carbocycles. The van der Waals surface area contributed by atoms with E-state index >= 15 is 0 Å². The lowest BCUT2D eigenvalue weighted by Crippen LogP contribution is -2.38. The highest BCUT2D eigenvalue weighted by molar-refractivity contribution is 5.61. The minimum atomic E-state index is 0.314. The first-order chi connectivity index (χ1) is 7.33. The predicted octanol–water partition coefficient (Wildman–Crippen LogP) is 1.09. The van der Waals surface area contributed by atoms with Crippen molar-refractivity contribution in [1.29, 1.82) is 0 Å². The Morgan fingerprint density at radius 3 is 3.20 bits per heavy atom. The molecule has 0 saturated carbocycles. The van der Waals surface area contributed by atoms with Crippen molar-refractivity contribution < 1.29 is 9.47 Å². The second-order valence-electron chi connectivity index (χ2n) is 3.57. The van der Waals surface area contributed by atoms with Gasteiger partial charge in [-0.25, -0.2) is 0 Å². The van der Waals surface area contributed by atoms with E-state index < -0.39 is 0 Å². The number of fused-ring (bicyclic) bond motifs is 1. The van der Waals surface area contributed by atoms with Crippen molar-refractivity contribution >= 4 is 5.69 Å². The minimum absolute atomic E-state index is 0.314. The molecule has 2 rings (SSSR count). The molecular weight excluding hydrogens is 192 g/mol. The van der Waals surface area contributed by atoms with E-state index in [9.17, 15) is 0 Å². The standard InChI is InChI=1S/C11H16N2O2/c1-12-6-8-7-15-11-4-3-9(14-2)5-10(11)13-8/h3-5,8,12-13H,6-7H2,1-2H3. The largest absolute Gasteiger partial charge is 0.497 e. The Morgan fingerprint density at radius 1 is 1.60 bits per heavy atom. The van der Waals surface area contributed by atoms with Gasteiger partial charge in [0.2, 0.25) is 0 Å². The van der Waals surface area contributed by atoms with Crippen molar-refractivity contribution in [2.45, 2.75) is 6.04 Å². The zero-order valence-corrected chi connectivity index (χ0v) is 9.04. The molecule has 0 spiro atoms. The number of hydrogen-bond donors (Lipinski definition) is 2. The fourth-order valence-electron chi connectivity index (χ4n) is 1.68. The van der Waals surface area contributed by atoms with Crippen LogP contribution in [-0.4, -0.2) is 33.4 Å². The Balaban J connectivity index is 2.16. The van der Waals surface area contributed by atoms with Crippen molar-refractivity contribution in [2.24, 2.45) is 0 Å². The van der Waals surface area contributed by atoms with Crippen molar-refractivity contribution in [3.63, 3.8) is 0 Å². The highest BCUT2D eigenvalue weighted by Crippen LogP contribution is 2.32. The molecule has 1 aliphatic heterocycles. The summed E-state index contributed by atoms with van der Waals surface area (Å²) in [6.45, 7) is 1.58. The molecule has 0 amide bonds. The summed E-state index contributed by atoms with van der Waals surface area (Å²) in [5.74, 6) is 1.73. The summed E-state index contributed by atoms with van der Waals surface area (Å²) in [5, 5.41) is 6.53. The first kappa shape index (κ1) is 10.1. The van der Waals surface area contributed by atoms with Crippen molar-refractivity contribution in [3.8, 4) is 11.5 Å². The van der Waals surface area contributed by atoms with Gasteiger partial charge < -0.3 is 20.1 Å². The molecule has 0 bridgehead atoms. The molecule has 0 radical (unpaired) electrons. The number of likely N-dealkylation sites (N-methyl/N-ethyl adjacent to an activating group) is 1. The first-order valence-corrected chi connectivity index (χ1v) is 5.05. The molecule has 82 valence electrons. The highest BCUT2D eigenvalue weighted by Gasteiger charge is 2.18. The Hall–Kier alpha value is -1.42. The third kappa shape index (κ3) is 2.15. The summed E-state index contributed by atoms with van der Waals surface area (Å²) in [7, 11) is 3.60. The number of benzene rings is 1. The van der Waals surface area contributed by atoms with Gasteiger partial charge in [-0.1, -0.05) is 0 Å². The van der Waals surface area contributed by atoms with E-state index in [0.29, 0.717) is 12.6 Å². The van der Waals surface area contributed by atoms with Gasteiger partial charge in [-0.3, -0.25) is 0 Å². The van der Waals surface area contributed by atoms with Crippen LogP contribution in [0.3, 0.4) is 0 Å². The van der Waals surface area contributed by atoms with Gasteiger partial charge in [0, 0.05) is 12.6 Å². The van der Waals surface area contributed by atoms with Gasteiger partial charge in [0.15, 0.2) is 0 Å². The van der Waals surface area contributed by atoms with E-state index in [1.54, 1.807) is 7.11 Å². The maximum Gasteiger partial charge on any atom is 0.142 e. The van der Waals surface area contributed by atoms with E-state index in [0.717, 1.165) is 23.7 Å². The van der Waals surface area contributed by atoms with E-state index in [-0.39, 0.29) is 0 Å². The fourth-order valence-corrected chi connectivity index (χ4v) is 1.68. The van der Waals surface area contributed by atoms with Gasteiger partial charge in [0.25, 0.3) is 0 Å². The first-order valence-electron chi connectivity index (χ1n) is 5.05. The van der Waals surface area contributed by atoms with E-state index in [4.69, 9.17) is 9.47 Å². The molecule has 15 heavy (non-hydrogen) atoms. The quantitative estimate of drug-likeness (QED) is 0.780. The molecule has 1 heterocycles. The predicted molar refractivity (Wildman–Crippen MR) is 59.8 cm³/mol. The third-order valence-electron chi connectivity index (χ3n) is 2.44. The lowest BCUT2D eigenvalue weighted by atomic mass is 10.2. The lowest BCUT2D eigenvalue weighted by molar-refractivity contribution is 0.281. The molecule has 1 aromatic rings. The Morgan fingerprint density at radius 2 is 2.47 bits per heavy atom. The van der Waals surface area contributed by atoms with Crippen LogP contribution in [0.2, 0.25) is 0 Å². The molecule has 1 atom stereocenters. The van der Waals surface area contributed by atoms with Crippen molar-refractivity contribution in [2.75, 3.05) is 32.6 Å². The van der Waals surface area contributed by atoms with E-state index in [1.165, 1.54) is 0 Å². The van der Waals surface area contributed by atoms with Crippen LogP contribution < -0.4 is 20.1 Å². The second kappa shape index (κ2) is 4.40. The molecule has 0 aromatic heterocycles. The average molecular weight is 208 g/mol. The number of hydrogen-bond acceptors (Lipinski definition) is 4. The molecule has 0 saturated heterocycles. The molecule has 2 N–H and O–H groups in total. The number of rotatable bonds is 3. The molecule has 4 nitrogen and oxygen atoms in total. The summed E-state index contributed by atoms with van der Waals surface area (Å²) in [4.78, 5) is 0. The van der Waals surface area contributed by atoms with Crippen LogP contribution in [0.25, 0.3) is 0 Å². The van der Waals surface area contributed by atoms with Crippen molar-refractivity contribution in [1.82, 2.24) is 5.32 Å². The summed E-state index contributed by atoms with van der Waals surface area (Å²) in [5.41, 5.74) is 1.00. The molecule has 1 aromatic carbocycles. The zero-order valence-electron chi connectivity index (χ0n) is 9.04. The van der Waals surface area contributed by atoms with E-state index in [1.807, 2.05) is 25.2 Å². The Bertz CT molecular complexity index is 341. The molecule has 0 fully saturated rings. The number of ether oxygens (including phenoxy) is 2. The Kier molecular flexibility index (Phi) is 2.97. The summed E-state index contributed by atoms with van der Waals surface area (Å²) in [6, 6.07) is 6.10. The smallest absolute Gasteiger partial charge is 0.142 e. The topological polar surface area (TPSA) is 42.5 Å². The van der Waals surface area contributed by atoms with Gasteiger partial charge >= 0.3 is 0 Å². The van der Waals surface area contributed by atoms with Crippen LogP contribution in [0.4, 0.5) is 5.69 Å². The maximum atomic E-state index is 5.63. The van der Waals surface area contributed by atoms with Gasteiger partial charge in [-0.15, -0.1) is 0 Å². The van der Waals surface area contributed by atoms with Crippen LogP contribution in [0.1, 0.15) is 0 Å². The van der Waals surface area contributed by atoms with Gasteiger partial charge in [-0.05, 0) is 19.2 Å². The van der Waals surface area contributed by atoms with Gasteiger partial charge in [0.1, 0.15) is 18.1 Å². The summed E-state index contributed by atoms with van der Waals surface area (Å²) >= 11 is 0. The average Bonchev–Trinajstić information content (AvgIpc) is 2.28. The van der Waals surface area contributed by atoms with Crippen LogP contribution in [-0.2, 0) is 0 Å². The number of anilines is 1. The lowest BCUT2D eigenvalue weighted by Gasteiger charge is -2.27. The summed E-state index contributed by atoms with van der Waals surface area (Å²) < 4.78 is 10.8. The monoisotopic (exact) mass is 208 g/mol. The van der Waals surface area contributed by atoms with Gasteiger partial charge in [0.05, 0.1) is 18.8 Å². The second-order valence-corrected chi connectivity index (χ2v) is 3.57. The van der Waals surface area contributed by atoms with Crippen LogP contribution in [0.5, 0.6) is 11.5 Å². The fraction of sp³-hybridized carbons (Fsp3) is 0.455. The highest BCUT2D eigenvalue weighted by atomic mass is 16.5. The van der Waals surface area contributed by atoms with Crippen LogP contribution >= 0.6 is 0 Å². The van der Waals surface area contributed by atoms with Crippen molar-refractivity contribution in [3.05, 3.63) is 18.2 Å². The normalized spacial score (nSPS) is 18.7. The Labute approximate surface area is 89.6 Å². The minimum Gasteiger partial charge on any atom is -0.497 e. The van der Waals surface area contributed by atoms with Crippen LogP contribution in [0, 0.1) is 0 Å². The molecule has 1 aliphatic rings. The maximum absolute atomic E-state index is 5.63. The number of methoxy groups -OCH3 is 1. The van der Waals surface area contributed by atoms with Crippen LogP contribution in [0.15, 0.2) is 18.2 Å². The molecular formula is C11H16N2O2. The SMILES string of the molecule is CNCC1COc2ccc(OC)cc2N1. The molecule has 1 unspecified atom stereocenters. The zero-order chi connectivity index (χ0) is 10.7. The number of nitrogens with one attached hydrogen (secondary N) is 2. The molecule has 4 heteroatoms. The van der Waals surface area contributed by atoms with Gasteiger partial charge in [-0.2, -0.15) is 0 Å². The summed E-state index contributed by atoms with van der Waals surface area (Å²) in [6.07, 6.45) is 0.